The van der Waals surface area contributed by atoms with Gasteiger partial charge in [0.25, 0.3) is 0 Å². The van der Waals surface area contributed by atoms with Crippen LogP contribution in [0.5, 0.6) is 0 Å². The van der Waals surface area contributed by atoms with Crippen LogP contribution in [-0.4, -0.2) is 30.3 Å². The second-order valence-corrected chi connectivity index (χ2v) is 3.90. The van der Waals surface area contributed by atoms with E-state index in [1.165, 1.54) is 0 Å². The van der Waals surface area contributed by atoms with Crippen LogP contribution in [0.2, 0.25) is 0 Å². The van der Waals surface area contributed by atoms with Gasteiger partial charge >= 0.3 is 5.97 Å². The van der Waals surface area contributed by atoms with E-state index in [1.807, 2.05) is 12.1 Å². The number of hydrogen-bond acceptors (Lipinski definition) is 3. The molecule has 0 saturated carbocycles. The van der Waals surface area contributed by atoms with Gasteiger partial charge in [0.15, 0.2) is 0 Å². The molecular weight excluding hydrogens is 206 g/mol. The standard InChI is InChI=1S/C12H15NO3/c14-12(15)11-4-2-1-3-9(11)7-13-10-5-6-16-8-10/h1-4,10,13H,5-8H2,(H,14,15). The highest BCUT2D eigenvalue weighted by atomic mass is 16.5. The number of hydrogen-bond donors (Lipinski definition) is 2. The summed E-state index contributed by atoms with van der Waals surface area (Å²) in [6.45, 7) is 2.09. The van der Waals surface area contributed by atoms with Crippen molar-refractivity contribution in [3.05, 3.63) is 35.4 Å². The van der Waals surface area contributed by atoms with E-state index in [-0.39, 0.29) is 0 Å². The molecule has 1 aliphatic rings. The average molecular weight is 221 g/mol. The Morgan fingerprint density at radius 3 is 3.00 bits per heavy atom. The Balaban J connectivity index is 2.00. The largest absolute Gasteiger partial charge is 0.478 e. The maximum atomic E-state index is 11.0. The first-order valence-electron chi connectivity index (χ1n) is 5.39. The van der Waals surface area contributed by atoms with Gasteiger partial charge in [-0.2, -0.15) is 0 Å². The molecule has 1 aliphatic heterocycles. The summed E-state index contributed by atoms with van der Waals surface area (Å²) in [6, 6.07) is 7.42. The van der Waals surface area contributed by atoms with Gasteiger partial charge in [0.05, 0.1) is 12.2 Å². The molecule has 86 valence electrons. The zero-order valence-electron chi connectivity index (χ0n) is 8.98. The van der Waals surface area contributed by atoms with Crippen molar-refractivity contribution in [2.24, 2.45) is 0 Å². The third kappa shape index (κ3) is 2.59. The van der Waals surface area contributed by atoms with Crippen LogP contribution < -0.4 is 5.32 Å². The quantitative estimate of drug-likeness (QED) is 0.803. The van der Waals surface area contributed by atoms with E-state index < -0.39 is 5.97 Å². The molecule has 1 heterocycles. The summed E-state index contributed by atoms with van der Waals surface area (Å²) >= 11 is 0. The molecule has 0 radical (unpaired) electrons. The van der Waals surface area contributed by atoms with E-state index in [9.17, 15) is 4.79 Å². The predicted molar refractivity (Wildman–Crippen MR) is 59.5 cm³/mol. The van der Waals surface area contributed by atoms with Crippen molar-refractivity contribution in [1.29, 1.82) is 0 Å². The number of ether oxygens (including phenoxy) is 1. The number of aromatic carboxylic acids is 1. The van der Waals surface area contributed by atoms with Crippen LogP contribution in [0.4, 0.5) is 0 Å². The van der Waals surface area contributed by atoms with Crippen molar-refractivity contribution in [2.75, 3.05) is 13.2 Å². The molecule has 0 aromatic heterocycles. The molecule has 4 heteroatoms. The Labute approximate surface area is 94.2 Å². The van der Waals surface area contributed by atoms with Crippen LogP contribution in [0.15, 0.2) is 24.3 Å². The summed E-state index contributed by atoms with van der Waals surface area (Å²) in [7, 11) is 0. The van der Waals surface area contributed by atoms with Gasteiger partial charge in [0.1, 0.15) is 0 Å². The van der Waals surface area contributed by atoms with Crippen LogP contribution in [0.25, 0.3) is 0 Å². The topological polar surface area (TPSA) is 58.6 Å². The molecule has 0 aliphatic carbocycles. The van der Waals surface area contributed by atoms with Crippen LogP contribution in [0.3, 0.4) is 0 Å². The highest BCUT2D eigenvalue weighted by Gasteiger charge is 2.16. The molecule has 0 spiro atoms. The summed E-state index contributed by atoms with van der Waals surface area (Å²) < 4.78 is 5.24. The van der Waals surface area contributed by atoms with Crippen LogP contribution in [-0.2, 0) is 11.3 Å². The van der Waals surface area contributed by atoms with E-state index >= 15 is 0 Å². The fourth-order valence-electron chi connectivity index (χ4n) is 1.83. The Morgan fingerprint density at radius 1 is 1.50 bits per heavy atom. The van der Waals surface area contributed by atoms with Gasteiger partial charge in [-0.1, -0.05) is 18.2 Å². The van der Waals surface area contributed by atoms with E-state index in [0.29, 0.717) is 18.2 Å². The Kier molecular flexibility index (Phi) is 3.54. The molecule has 1 aromatic rings. The zero-order valence-corrected chi connectivity index (χ0v) is 8.98. The first-order valence-corrected chi connectivity index (χ1v) is 5.39. The van der Waals surface area contributed by atoms with E-state index in [2.05, 4.69) is 5.32 Å². The first kappa shape index (κ1) is 11.1. The minimum Gasteiger partial charge on any atom is -0.478 e. The summed E-state index contributed by atoms with van der Waals surface area (Å²) in [4.78, 5) is 11.0. The smallest absolute Gasteiger partial charge is 0.336 e. The molecule has 4 nitrogen and oxygen atoms in total. The van der Waals surface area contributed by atoms with Gasteiger partial charge in [-0.05, 0) is 18.1 Å². The Hall–Kier alpha value is -1.39. The van der Waals surface area contributed by atoms with Crippen LogP contribution in [0.1, 0.15) is 22.3 Å². The fraction of sp³-hybridized carbons (Fsp3) is 0.417. The first-order chi connectivity index (χ1) is 7.77. The lowest BCUT2D eigenvalue weighted by molar-refractivity contribution is 0.0695. The number of carbonyl (C=O) groups is 1. The minimum atomic E-state index is -0.875. The number of carboxylic acid groups (broad SMARTS) is 1. The lowest BCUT2D eigenvalue weighted by atomic mass is 10.1. The van der Waals surface area contributed by atoms with Gasteiger partial charge in [0.2, 0.25) is 0 Å². The highest BCUT2D eigenvalue weighted by Crippen LogP contribution is 2.10. The maximum Gasteiger partial charge on any atom is 0.336 e. The van der Waals surface area contributed by atoms with Gasteiger partial charge in [-0.15, -0.1) is 0 Å². The molecule has 1 saturated heterocycles. The van der Waals surface area contributed by atoms with Crippen molar-refractivity contribution in [1.82, 2.24) is 5.32 Å². The zero-order chi connectivity index (χ0) is 11.4. The van der Waals surface area contributed by atoms with Crippen LogP contribution >= 0.6 is 0 Å². The molecule has 16 heavy (non-hydrogen) atoms. The highest BCUT2D eigenvalue weighted by molar-refractivity contribution is 5.89. The monoisotopic (exact) mass is 221 g/mol. The molecule has 1 fully saturated rings. The summed E-state index contributed by atoms with van der Waals surface area (Å²) in [5.41, 5.74) is 1.19. The lowest BCUT2D eigenvalue weighted by Crippen LogP contribution is -2.29. The molecule has 1 atom stereocenters. The van der Waals surface area contributed by atoms with E-state index in [4.69, 9.17) is 9.84 Å². The second-order valence-electron chi connectivity index (χ2n) is 3.90. The van der Waals surface area contributed by atoms with Gasteiger partial charge in [-0.25, -0.2) is 4.79 Å². The van der Waals surface area contributed by atoms with Crippen molar-refractivity contribution in [3.8, 4) is 0 Å². The van der Waals surface area contributed by atoms with Crippen molar-refractivity contribution >= 4 is 5.97 Å². The van der Waals surface area contributed by atoms with Crippen molar-refractivity contribution in [2.45, 2.75) is 19.0 Å². The van der Waals surface area contributed by atoms with Crippen LogP contribution in [0, 0.1) is 0 Å². The maximum absolute atomic E-state index is 11.0. The van der Waals surface area contributed by atoms with Crippen molar-refractivity contribution < 1.29 is 14.6 Å². The molecule has 0 bridgehead atoms. The number of benzene rings is 1. The third-order valence-corrected chi connectivity index (χ3v) is 2.76. The van der Waals surface area contributed by atoms with Crippen molar-refractivity contribution in [3.63, 3.8) is 0 Å². The van der Waals surface area contributed by atoms with Gasteiger partial charge in [0, 0.05) is 19.2 Å². The molecule has 1 aromatic carbocycles. The molecule has 0 amide bonds. The Bertz CT molecular complexity index is 372. The second kappa shape index (κ2) is 5.09. The van der Waals surface area contributed by atoms with E-state index in [1.54, 1.807) is 12.1 Å². The van der Waals surface area contributed by atoms with Gasteiger partial charge < -0.3 is 15.2 Å². The molecule has 2 N–H and O–H groups in total. The lowest BCUT2D eigenvalue weighted by Gasteiger charge is -2.11. The van der Waals surface area contributed by atoms with Gasteiger partial charge in [-0.3, -0.25) is 0 Å². The number of carboxylic acids is 1. The summed E-state index contributed by atoms with van der Waals surface area (Å²) in [5, 5.41) is 12.3. The predicted octanol–water partition coefficient (Wildman–Crippen LogP) is 1.26. The number of nitrogens with one attached hydrogen (secondary N) is 1. The normalized spacial score (nSPS) is 19.9. The average Bonchev–Trinajstić information content (AvgIpc) is 2.79. The Morgan fingerprint density at radius 2 is 2.31 bits per heavy atom. The fourth-order valence-corrected chi connectivity index (χ4v) is 1.83. The summed E-state index contributed by atoms with van der Waals surface area (Å²) in [6.07, 6.45) is 0.995. The molecular formula is C12H15NO3. The molecule has 2 rings (SSSR count). The number of rotatable bonds is 4. The third-order valence-electron chi connectivity index (χ3n) is 2.76. The van der Waals surface area contributed by atoms with E-state index in [0.717, 1.165) is 25.2 Å². The SMILES string of the molecule is O=C(O)c1ccccc1CNC1CCOC1. The molecule has 1 unspecified atom stereocenters. The minimum absolute atomic E-state index is 0.349. The summed E-state index contributed by atoms with van der Waals surface area (Å²) in [5.74, 6) is -0.875.